The largest absolute Gasteiger partial charge is 0.332 e. The molecule has 2 heterocycles. The summed E-state index contributed by atoms with van der Waals surface area (Å²) < 4.78 is 7.39. The van der Waals surface area contributed by atoms with Crippen LogP contribution in [0.25, 0.3) is 23.0 Å². The minimum atomic E-state index is -0.282. The van der Waals surface area contributed by atoms with Gasteiger partial charge in [-0.3, -0.25) is 0 Å². The number of anilines is 2. The third kappa shape index (κ3) is 5.11. The van der Waals surface area contributed by atoms with Gasteiger partial charge in [-0.05, 0) is 48.7 Å². The van der Waals surface area contributed by atoms with Crippen molar-refractivity contribution in [2.45, 2.75) is 20.4 Å². The Kier molecular flexibility index (Phi) is 6.09. The molecule has 2 N–H and O–H groups in total. The first kappa shape index (κ1) is 22.1. The molecule has 2 aromatic heterocycles. The highest BCUT2D eigenvalue weighted by molar-refractivity contribution is 6.00. The maximum absolute atomic E-state index is 12.3. The number of rotatable bonds is 6. The standard InChI is InChI=1S/C27H24N6O2/c1-18-7-3-5-9-22(18)25-31-26(35-32-25)24-16-33(17-28-24)15-20-11-13-21(14-12-20)29-27(34)30-23-10-6-4-8-19(23)2/h3-14,16-17H,15H2,1-2H3,(H2,29,30,34). The van der Waals surface area contributed by atoms with Crippen molar-refractivity contribution in [1.29, 1.82) is 0 Å². The Morgan fingerprint density at radius 3 is 2.43 bits per heavy atom. The summed E-state index contributed by atoms with van der Waals surface area (Å²) in [5, 5.41) is 9.83. The van der Waals surface area contributed by atoms with Crippen LogP contribution >= 0.6 is 0 Å². The third-order valence-corrected chi connectivity index (χ3v) is 5.63. The average Bonchev–Trinajstić information content (AvgIpc) is 3.52. The summed E-state index contributed by atoms with van der Waals surface area (Å²) >= 11 is 0. The van der Waals surface area contributed by atoms with E-state index in [-0.39, 0.29) is 6.03 Å². The minimum Gasteiger partial charge on any atom is -0.332 e. The molecule has 3 aromatic carbocycles. The topological polar surface area (TPSA) is 97.9 Å². The van der Waals surface area contributed by atoms with E-state index in [9.17, 15) is 4.79 Å². The number of benzene rings is 3. The number of aromatic nitrogens is 4. The predicted molar refractivity (Wildman–Crippen MR) is 135 cm³/mol. The van der Waals surface area contributed by atoms with E-state index in [4.69, 9.17) is 4.52 Å². The number of aryl methyl sites for hydroxylation is 2. The molecule has 0 spiro atoms. The molecule has 174 valence electrons. The zero-order valence-electron chi connectivity index (χ0n) is 19.4. The van der Waals surface area contributed by atoms with Crippen LogP contribution in [0.3, 0.4) is 0 Å². The van der Waals surface area contributed by atoms with Crippen LogP contribution in [0.5, 0.6) is 0 Å². The lowest BCUT2D eigenvalue weighted by Crippen LogP contribution is -2.19. The Hall–Kier alpha value is -4.72. The van der Waals surface area contributed by atoms with Crippen LogP contribution in [-0.2, 0) is 6.54 Å². The monoisotopic (exact) mass is 464 g/mol. The summed E-state index contributed by atoms with van der Waals surface area (Å²) in [6.45, 7) is 4.58. The van der Waals surface area contributed by atoms with Gasteiger partial charge in [-0.25, -0.2) is 9.78 Å². The van der Waals surface area contributed by atoms with Crippen LogP contribution < -0.4 is 10.6 Å². The number of urea groups is 1. The molecule has 0 atom stereocenters. The fourth-order valence-corrected chi connectivity index (χ4v) is 3.72. The summed E-state index contributed by atoms with van der Waals surface area (Å²) in [7, 11) is 0. The lowest BCUT2D eigenvalue weighted by Gasteiger charge is -2.10. The van der Waals surface area contributed by atoms with E-state index < -0.39 is 0 Å². The molecule has 0 unspecified atom stereocenters. The van der Waals surface area contributed by atoms with Crippen molar-refractivity contribution in [3.8, 4) is 23.0 Å². The van der Waals surface area contributed by atoms with Gasteiger partial charge in [0.15, 0.2) is 0 Å². The summed E-state index contributed by atoms with van der Waals surface area (Å²) in [6.07, 6.45) is 3.60. The van der Waals surface area contributed by atoms with E-state index in [1.807, 2.05) is 97.4 Å². The molecule has 0 bridgehead atoms. The van der Waals surface area contributed by atoms with Crippen molar-refractivity contribution in [2.24, 2.45) is 0 Å². The summed E-state index contributed by atoms with van der Waals surface area (Å²) in [5.74, 6) is 0.920. The zero-order chi connectivity index (χ0) is 24.2. The maximum Gasteiger partial charge on any atom is 0.323 e. The number of carbonyl (C=O) groups is 1. The van der Waals surface area contributed by atoms with E-state index in [1.54, 1.807) is 6.33 Å². The molecule has 0 saturated carbocycles. The fraction of sp³-hybridized carbons (Fsp3) is 0.111. The van der Waals surface area contributed by atoms with Crippen molar-refractivity contribution in [1.82, 2.24) is 19.7 Å². The lowest BCUT2D eigenvalue weighted by molar-refractivity contribution is 0.262. The smallest absolute Gasteiger partial charge is 0.323 e. The fourth-order valence-electron chi connectivity index (χ4n) is 3.72. The molecule has 0 fully saturated rings. The average molecular weight is 465 g/mol. The first-order valence-electron chi connectivity index (χ1n) is 11.2. The van der Waals surface area contributed by atoms with Gasteiger partial charge in [0.2, 0.25) is 5.82 Å². The van der Waals surface area contributed by atoms with Gasteiger partial charge in [-0.15, -0.1) is 0 Å². The van der Waals surface area contributed by atoms with Crippen LogP contribution in [0.1, 0.15) is 16.7 Å². The van der Waals surface area contributed by atoms with Crippen LogP contribution in [0.2, 0.25) is 0 Å². The van der Waals surface area contributed by atoms with Crippen molar-refractivity contribution in [2.75, 3.05) is 10.6 Å². The Labute approximate surface area is 202 Å². The number of imidazole rings is 1. The molecule has 5 rings (SSSR count). The highest BCUT2D eigenvalue weighted by Crippen LogP contribution is 2.23. The van der Waals surface area contributed by atoms with Gasteiger partial charge < -0.3 is 19.7 Å². The second-order valence-corrected chi connectivity index (χ2v) is 8.26. The van der Waals surface area contributed by atoms with Gasteiger partial charge in [0.25, 0.3) is 5.89 Å². The van der Waals surface area contributed by atoms with Crippen LogP contribution in [0.15, 0.2) is 89.8 Å². The number of carbonyl (C=O) groups excluding carboxylic acids is 1. The molecule has 8 heteroatoms. The third-order valence-electron chi connectivity index (χ3n) is 5.63. The summed E-state index contributed by atoms with van der Waals surface area (Å²) in [6, 6.07) is 22.9. The van der Waals surface area contributed by atoms with Crippen LogP contribution in [0, 0.1) is 13.8 Å². The first-order chi connectivity index (χ1) is 17.0. The Morgan fingerprint density at radius 1 is 0.914 bits per heavy atom. The van der Waals surface area contributed by atoms with Gasteiger partial charge in [0.05, 0.1) is 6.33 Å². The lowest BCUT2D eigenvalue weighted by atomic mass is 10.1. The zero-order valence-corrected chi connectivity index (χ0v) is 19.4. The molecule has 0 aliphatic carbocycles. The second kappa shape index (κ2) is 9.64. The van der Waals surface area contributed by atoms with Gasteiger partial charge in [-0.1, -0.05) is 59.8 Å². The number of amides is 2. The SMILES string of the molecule is Cc1ccccc1NC(=O)Nc1ccc(Cn2cnc(-c3nc(-c4ccccc4C)no3)c2)cc1. The second-order valence-electron chi connectivity index (χ2n) is 8.26. The van der Waals surface area contributed by atoms with Crippen molar-refractivity contribution in [3.05, 3.63) is 102 Å². The quantitative estimate of drug-likeness (QED) is 0.326. The molecular formula is C27H24N6O2. The molecule has 2 amide bonds. The molecule has 0 saturated heterocycles. The molecule has 8 nitrogen and oxygen atoms in total. The molecule has 0 radical (unpaired) electrons. The van der Waals surface area contributed by atoms with Crippen LogP contribution in [-0.4, -0.2) is 25.7 Å². The van der Waals surface area contributed by atoms with Crippen molar-refractivity contribution < 1.29 is 9.32 Å². The molecule has 0 aliphatic rings. The normalized spacial score (nSPS) is 10.8. The Morgan fingerprint density at radius 2 is 1.66 bits per heavy atom. The molecule has 0 aliphatic heterocycles. The first-order valence-corrected chi connectivity index (χ1v) is 11.2. The Balaban J connectivity index is 1.21. The van der Waals surface area contributed by atoms with Gasteiger partial charge in [0.1, 0.15) is 5.69 Å². The number of hydrogen-bond donors (Lipinski definition) is 2. The van der Waals surface area contributed by atoms with Crippen LogP contribution in [0.4, 0.5) is 16.2 Å². The van der Waals surface area contributed by atoms with E-state index in [0.29, 0.717) is 29.6 Å². The number of nitrogens with one attached hydrogen (secondary N) is 2. The van der Waals surface area contributed by atoms with E-state index in [0.717, 1.165) is 27.9 Å². The molecular weight excluding hydrogens is 440 g/mol. The van der Waals surface area contributed by atoms with E-state index >= 15 is 0 Å². The van der Waals surface area contributed by atoms with Gasteiger partial charge in [0, 0.05) is 29.7 Å². The predicted octanol–water partition coefficient (Wildman–Crippen LogP) is 5.91. The summed E-state index contributed by atoms with van der Waals surface area (Å²) in [4.78, 5) is 21.2. The maximum atomic E-state index is 12.3. The minimum absolute atomic E-state index is 0.282. The van der Waals surface area contributed by atoms with E-state index in [1.165, 1.54) is 0 Å². The number of nitrogens with zero attached hydrogens (tertiary/aromatic N) is 4. The highest BCUT2D eigenvalue weighted by atomic mass is 16.5. The van der Waals surface area contributed by atoms with E-state index in [2.05, 4.69) is 25.8 Å². The van der Waals surface area contributed by atoms with Crippen molar-refractivity contribution in [3.63, 3.8) is 0 Å². The van der Waals surface area contributed by atoms with Gasteiger partial charge in [-0.2, -0.15) is 4.98 Å². The van der Waals surface area contributed by atoms with Crippen molar-refractivity contribution >= 4 is 17.4 Å². The summed E-state index contributed by atoms with van der Waals surface area (Å²) in [5.41, 5.74) is 6.18. The highest BCUT2D eigenvalue weighted by Gasteiger charge is 2.14. The number of hydrogen-bond acceptors (Lipinski definition) is 5. The molecule has 35 heavy (non-hydrogen) atoms. The Bertz CT molecular complexity index is 1470. The number of para-hydroxylation sites is 1. The van der Waals surface area contributed by atoms with Gasteiger partial charge >= 0.3 is 6.03 Å². The molecule has 5 aromatic rings.